The molecule has 0 aliphatic rings. The molecule has 0 radical (unpaired) electrons. The van der Waals surface area contributed by atoms with Gasteiger partial charge in [0.2, 0.25) is 0 Å². The fourth-order valence-electron chi connectivity index (χ4n) is 2.43. The molecule has 0 nitrogen and oxygen atoms in total. The zero-order valence-electron chi connectivity index (χ0n) is 17.8. The Balaban J connectivity index is 7.21. The second kappa shape index (κ2) is 9.20. The molecular weight excluding hydrogens is 669 g/mol. The van der Waals surface area contributed by atoms with E-state index in [1.807, 2.05) is 0 Å². The lowest BCUT2D eigenvalue weighted by molar-refractivity contribution is -0.478. The van der Waals surface area contributed by atoms with Crippen molar-refractivity contribution in [1.82, 2.24) is 0 Å². The van der Waals surface area contributed by atoms with Crippen LogP contribution in [0.4, 0.5) is 101 Å². The van der Waals surface area contributed by atoms with Crippen molar-refractivity contribution in [3.8, 4) is 0 Å². The van der Waals surface area contributed by atoms with Gasteiger partial charge in [-0.3, -0.25) is 0 Å². The van der Waals surface area contributed by atoms with E-state index < -0.39 is 78.8 Å². The summed E-state index contributed by atoms with van der Waals surface area (Å²) in [4.78, 5) is 0. The second-order valence-electron chi connectivity index (χ2n) is 8.27. The van der Waals surface area contributed by atoms with E-state index in [0.717, 1.165) is 0 Å². The highest BCUT2D eigenvalue weighted by Gasteiger charge is 2.98. The van der Waals surface area contributed by atoms with Gasteiger partial charge in [-0.05, 0) is 0 Å². The smallest absolute Gasteiger partial charge is 0.200 e. The lowest BCUT2D eigenvalue weighted by atomic mass is 9.85. The van der Waals surface area contributed by atoms with Gasteiger partial charge in [0.1, 0.15) is 0 Å². The Bertz CT molecular complexity index is 893. The lowest BCUT2D eigenvalue weighted by Gasteiger charge is -2.45. The summed E-state index contributed by atoms with van der Waals surface area (Å²) in [6.45, 7) is 0.800. The molecule has 0 amide bonds. The maximum atomic E-state index is 13.7. The quantitative estimate of drug-likeness (QED) is 0.116. The Hall–Kier alpha value is -1.10. The van der Waals surface area contributed by atoms with Crippen LogP contribution in [0.1, 0.15) is 0 Å². The molecule has 0 unspecified atom stereocenters. The van der Waals surface area contributed by atoms with Crippen molar-refractivity contribution in [2.24, 2.45) is 0 Å². The molecule has 0 saturated heterocycles. The molecule has 0 bridgehead atoms. The van der Waals surface area contributed by atoms with E-state index in [9.17, 15) is 101 Å². The van der Waals surface area contributed by atoms with Crippen LogP contribution in [0, 0.1) is 0 Å². The number of rotatable bonds is 11. The molecule has 0 saturated carbocycles. The highest BCUT2D eigenvalue weighted by atomic mass is 35.6. The van der Waals surface area contributed by atoms with Crippen molar-refractivity contribution in [2.75, 3.05) is 0 Å². The molecule has 0 atom stereocenters. The molecule has 0 N–H and O–H groups in total. The van der Waals surface area contributed by atoms with Crippen LogP contribution in [0.2, 0.25) is 19.1 Å². The van der Waals surface area contributed by atoms with E-state index in [2.05, 4.69) is 0 Å². The Morgan fingerprint density at radius 3 is 0.718 bits per heavy atom. The predicted octanol–water partition coefficient (Wildman–Crippen LogP) is 9.35. The van der Waals surface area contributed by atoms with Gasteiger partial charge in [-0.25, -0.2) is 0 Å². The third-order valence-corrected chi connectivity index (χ3v) is 6.30. The molecule has 0 fully saturated rings. The number of hydrogen-bond acceptors (Lipinski definition) is 0. The molecule has 0 aromatic carbocycles. The SMILES string of the molecule is C[Si](C)(Cl)CC(F)(F)C(F)(F)C(F)(F)C(F)(F)C(F)(F)C(F)(F)C(F)(F)C(F)(F)C(F)(F)C(F)(F)C(F)(F)F. The maximum absolute atomic E-state index is 13.7. The van der Waals surface area contributed by atoms with Crippen LogP contribution in [0.3, 0.4) is 0 Å². The molecule has 25 heteroatoms. The highest BCUT2D eigenvalue weighted by Crippen LogP contribution is 2.67. The summed E-state index contributed by atoms with van der Waals surface area (Å²) in [7, 11) is -4.37. The molecule has 0 heterocycles. The zero-order valence-corrected chi connectivity index (χ0v) is 19.5. The van der Waals surface area contributed by atoms with Crippen LogP contribution < -0.4 is 0 Å². The van der Waals surface area contributed by atoms with Crippen LogP contribution in [-0.4, -0.2) is 72.8 Å². The molecular formula is C14H8ClF23Si. The normalized spacial score (nSPS) is 17.1. The molecule has 0 aliphatic carbocycles. The van der Waals surface area contributed by atoms with Crippen LogP contribution in [0.15, 0.2) is 0 Å². The summed E-state index contributed by atoms with van der Waals surface area (Å²) in [6.07, 6.45) is -8.09. The minimum atomic E-state index is -9.38. The van der Waals surface area contributed by atoms with Crippen molar-refractivity contribution in [3.05, 3.63) is 0 Å². The second-order valence-corrected chi connectivity index (χ2v) is 15.1. The van der Waals surface area contributed by atoms with Crippen molar-refractivity contribution in [2.45, 2.75) is 84.5 Å². The molecule has 0 rings (SSSR count). The van der Waals surface area contributed by atoms with Crippen molar-refractivity contribution < 1.29 is 101 Å². The fourth-order valence-corrected chi connectivity index (χ4v) is 4.21. The third-order valence-electron chi connectivity index (χ3n) is 4.61. The van der Waals surface area contributed by atoms with Gasteiger partial charge in [-0.15, -0.1) is 0 Å². The molecule has 0 aliphatic heterocycles. The first-order valence-electron chi connectivity index (χ1n) is 8.74. The van der Waals surface area contributed by atoms with E-state index in [4.69, 9.17) is 11.1 Å². The molecule has 236 valence electrons. The summed E-state index contributed by atoms with van der Waals surface area (Å²) in [5.74, 6) is -87.3. The van der Waals surface area contributed by atoms with Gasteiger partial charge < -0.3 is 0 Å². The predicted molar refractivity (Wildman–Crippen MR) is 83.7 cm³/mol. The summed E-state index contributed by atoms with van der Waals surface area (Å²) >= 11 is 5.10. The summed E-state index contributed by atoms with van der Waals surface area (Å²) < 4.78 is 305. The first kappa shape index (κ1) is 37.9. The first-order chi connectivity index (χ1) is 16.2. The summed E-state index contributed by atoms with van der Waals surface area (Å²) in [5, 5.41) is 0. The van der Waals surface area contributed by atoms with Crippen LogP contribution in [0.5, 0.6) is 0 Å². The minimum Gasteiger partial charge on any atom is -0.200 e. The standard InChI is InChI=1S/C14H8ClF23Si/c1-39(2,15)3-4(16,17)5(18,19)6(20,21)7(22,23)8(24,25)9(26,27)10(28,29)11(30,31)12(32,33)13(34,35)14(36,37)38/h3H2,1-2H3. The first-order valence-corrected chi connectivity index (χ1v) is 13.0. The largest absolute Gasteiger partial charge is 0.460 e. The van der Waals surface area contributed by atoms with Gasteiger partial charge in [-0.1, -0.05) is 13.1 Å². The highest BCUT2D eigenvalue weighted by molar-refractivity contribution is 7.19. The topological polar surface area (TPSA) is 0 Å². The van der Waals surface area contributed by atoms with Crippen molar-refractivity contribution >= 4 is 18.5 Å². The number of halogens is 24. The van der Waals surface area contributed by atoms with Crippen molar-refractivity contribution in [1.29, 1.82) is 0 Å². The number of alkyl halides is 23. The average molecular weight is 677 g/mol. The van der Waals surface area contributed by atoms with Crippen LogP contribution in [0.25, 0.3) is 0 Å². The van der Waals surface area contributed by atoms with E-state index in [1.54, 1.807) is 0 Å². The van der Waals surface area contributed by atoms with Gasteiger partial charge in [0.05, 0.1) is 0 Å². The average Bonchev–Trinajstić information content (AvgIpc) is 2.63. The lowest BCUT2D eigenvalue weighted by Crippen LogP contribution is -2.77. The van der Waals surface area contributed by atoms with Crippen molar-refractivity contribution in [3.63, 3.8) is 0 Å². The van der Waals surface area contributed by atoms with Gasteiger partial charge in [-0.2, -0.15) is 112 Å². The molecule has 39 heavy (non-hydrogen) atoms. The maximum Gasteiger partial charge on any atom is 0.460 e. The monoisotopic (exact) mass is 676 g/mol. The Labute approximate surface area is 205 Å². The third kappa shape index (κ3) is 4.99. The van der Waals surface area contributed by atoms with E-state index >= 15 is 0 Å². The van der Waals surface area contributed by atoms with Crippen LogP contribution >= 0.6 is 11.1 Å². The van der Waals surface area contributed by atoms with Gasteiger partial charge in [0, 0.05) is 6.04 Å². The fraction of sp³-hybridized carbons (Fsp3) is 1.00. The summed E-state index contributed by atoms with van der Waals surface area (Å²) in [6, 6.07) is -2.77. The van der Waals surface area contributed by atoms with Gasteiger partial charge in [0.15, 0.2) is 7.38 Å². The zero-order chi connectivity index (χ0) is 32.7. The Kier molecular flexibility index (Phi) is 8.94. The van der Waals surface area contributed by atoms with Gasteiger partial charge >= 0.3 is 65.4 Å². The van der Waals surface area contributed by atoms with Gasteiger partial charge in [0.25, 0.3) is 0 Å². The number of hydrogen-bond donors (Lipinski definition) is 0. The Morgan fingerprint density at radius 2 is 0.538 bits per heavy atom. The van der Waals surface area contributed by atoms with E-state index in [0.29, 0.717) is 13.1 Å². The molecule has 0 spiro atoms. The Morgan fingerprint density at radius 1 is 0.359 bits per heavy atom. The van der Waals surface area contributed by atoms with Crippen LogP contribution in [-0.2, 0) is 0 Å². The summed E-state index contributed by atoms with van der Waals surface area (Å²) in [5.41, 5.74) is 0. The van der Waals surface area contributed by atoms with E-state index in [1.165, 1.54) is 0 Å². The van der Waals surface area contributed by atoms with E-state index in [-0.39, 0.29) is 0 Å². The molecule has 0 aromatic rings. The molecule has 0 aromatic heterocycles. The minimum absolute atomic E-state index is 0.400.